The fraction of sp³-hybridized carbons (Fsp3) is 0. The van der Waals surface area contributed by atoms with E-state index in [1.165, 1.54) is 6.20 Å². The van der Waals surface area contributed by atoms with Gasteiger partial charge in [-0.15, -0.1) is 5.10 Å². The fourth-order valence-electron chi connectivity index (χ4n) is 2.37. The molecule has 0 spiro atoms. The van der Waals surface area contributed by atoms with E-state index in [4.69, 9.17) is 0 Å². The molecule has 0 aliphatic carbocycles. The smallest absolute Gasteiger partial charge is 0.200 e. The van der Waals surface area contributed by atoms with Crippen LogP contribution in [0.25, 0.3) is 17.0 Å². The third-order valence-electron chi connectivity index (χ3n) is 3.52. The third-order valence-corrected chi connectivity index (χ3v) is 3.52. The second-order valence-electron chi connectivity index (χ2n) is 5.04. The van der Waals surface area contributed by atoms with E-state index in [1.54, 1.807) is 23.0 Å². The van der Waals surface area contributed by atoms with Crippen LogP contribution in [0.4, 0.5) is 11.5 Å². The van der Waals surface area contributed by atoms with E-state index >= 15 is 0 Å². The number of carbonyl (C=O) groups excluding carboxylic acids is 1. The van der Waals surface area contributed by atoms with Gasteiger partial charge in [0, 0.05) is 24.8 Å². The topological polar surface area (TPSA) is 85.1 Å². The van der Waals surface area contributed by atoms with Crippen molar-refractivity contribution in [1.82, 2.24) is 24.6 Å². The zero-order chi connectivity index (χ0) is 16.4. The van der Waals surface area contributed by atoms with Crippen LogP contribution in [-0.4, -0.2) is 30.9 Å². The molecular formula is C17H12N6O. The van der Waals surface area contributed by atoms with Gasteiger partial charge in [0.15, 0.2) is 12.1 Å². The van der Waals surface area contributed by atoms with Gasteiger partial charge in [0.1, 0.15) is 11.2 Å². The van der Waals surface area contributed by atoms with Crippen molar-refractivity contribution in [2.24, 2.45) is 0 Å². The lowest BCUT2D eigenvalue weighted by Crippen LogP contribution is -2.05. The highest BCUT2D eigenvalue weighted by Gasteiger charge is 2.11. The van der Waals surface area contributed by atoms with Crippen molar-refractivity contribution in [2.45, 2.75) is 0 Å². The monoisotopic (exact) mass is 316 g/mol. The summed E-state index contributed by atoms with van der Waals surface area (Å²) in [7, 11) is 0. The van der Waals surface area contributed by atoms with Crippen molar-refractivity contribution < 1.29 is 4.79 Å². The van der Waals surface area contributed by atoms with Crippen LogP contribution in [0.2, 0.25) is 0 Å². The minimum Gasteiger partial charge on any atom is -0.338 e. The largest absolute Gasteiger partial charge is 0.338 e. The Labute approximate surface area is 137 Å². The summed E-state index contributed by atoms with van der Waals surface area (Å²) in [5.41, 5.74) is 2.55. The Bertz CT molecular complexity index is 1010. The lowest BCUT2D eigenvalue weighted by Gasteiger charge is -2.10. The molecule has 0 bridgehead atoms. The first-order valence-electron chi connectivity index (χ1n) is 7.28. The Kier molecular flexibility index (Phi) is 3.43. The molecule has 0 aromatic carbocycles. The van der Waals surface area contributed by atoms with Crippen molar-refractivity contribution in [3.05, 3.63) is 66.7 Å². The predicted octanol–water partition coefficient (Wildman–Crippen LogP) is 2.74. The van der Waals surface area contributed by atoms with Crippen LogP contribution in [0.5, 0.6) is 0 Å². The van der Waals surface area contributed by atoms with Crippen LogP contribution in [-0.2, 0) is 0 Å². The Morgan fingerprint density at radius 1 is 1.08 bits per heavy atom. The maximum atomic E-state index is 11.2. The summed E-state index contributed by atoms with van der Waals surface area (Å²) in [4.78, 5) is 24.0. The van der Waals surface area contributed by atoms with E-state index in [1.807, 2.05) is 36.5 Å². The third kappa shape index (κ3) is 2.48. The molecule has 4 aromatic heterocycles. The molecule has 0 aliphatic heterocycles. The number of anilines is 2. The van der Waals surface area contributed by atoms with E-state index in [9.17, 15) is 4.79 Å². The number of carbonyl (C=O) groups is 1. The first kappa shape index (κ1) is 14.0. The maximum Gasteiger partial charge on any atom is 0.200 e. The molecule has 0 radical (unpaired) electrons. The van der Waals surface area contributed by atoms with Gasteiger partial charge in [0.25, 0.3) is 0 Å². The summed E-state index contributed by atoms with van der Waals surface area (Å²) in [6.45, 7) is 0. The zero-order valence-corrected chi connectivity index (χ0v) is 12.5. The quantitative estimate of drug-likeness (QED) is 0.583. The first-order valence-corrected chi connectivity index (χ1v) is 7.28. The first-order chi connectivity index (χ1) is 11.8. The molecule has 0 amide bonds. The second-order valence-corrected chi connectivity index (χ2v) is 5.04. The van der Waals surface area contributed by atoms with Crippen LogP contribution in [0.1, 0.15) is 10.4 Å². The Morgan fingerprint density at radius 3 is 2.88 bits per heavy atom. The standard InChI is InChI=1S/C17H12N6O/c24-11-12-10-18-8-6-13(12)20-17-15-5-3-9-23(15)22-16(21-17)14-4-1-2-7-19-14/h1-11H,(H,18,20,21,22). The summed E-state index contributed by atoms with van der Waals surface area (Å²) in [5.74, 6) is 1.08. The van der Waals surface area contributed by atoms with Gasteiger partial charge in [-0.2, -0.15) is 0 Å². The molecule has 116 valence electrons. The minimum atomic E-state index is 0.459. The average molecular weight is 316 g/mol. The molecule has 0 saturated carbocycles. The fourth-order valence-corrected chi connectivity index (χ4v) is 2.37. The van der Waals surface area contributed by atoms with Crippen LogP contribution in [0.15, 0.2) is 61.2 Å². The molecule has 7 heteroatoms. The molecular weight excluding hydrogens is 304 g/mol. The lowest BCUT2D eigenvalue weighted by atomic mass is 10.2. The number of hydrogen-bond donors (Lipinski definition) is 1. The van der Waals surface area contributed by atoms with Gasteiger partial charge in [-0.3, -0.25) is 14.8 Å². The molecule has 24 heavy (non-hydrogen) atoms. The minimum absolute atomic E-state index is 0.459. The number of hydrogen-bond acceptors (Lipinski definition) is 6. The molecule has 0 fully saturated rings. The highest BCUT2D eigenvalue weighted by Crippen LogP contribution is 2.24. The van der Waals surface area contributed by atoms with Crippen molar-refractivity contribution in [1.29, 1.82) is 0 Å². The number of nitrogens with one attached hydrogen (secondary N) is 1. The summed E-state index contributed by atoms with van der Waals surface area (Å²) in [5, 5.41) is 7.66. The van der Waals surface area contributed by atoms with Crippen LogP contribution >= 0.6 is 0 Å². The number of aromatic nitrogens is 5. The summed E-state index contributed by atoms with van der Waals surface area (Å²) in [6, 6.07) is 11.1. The number of fused-ring (bicyclic) bond motifs is 1. The van der Waals surface area contributed by atoms with E-state index < -0.39 is 0 Å². The summed E-state index contributed by atoms with van der Waals surface area (Å²) < 4.78 is 1.72. The van der Waals surface area contributed by atoms with E-state index in [0.29, 0.717) is 28.6 Å². The van der Waals surface area contributed by atoms with Gasteiger partial charge >= 0.3 is 0 Å². The van der Waals surface area contributed by atoms with Gasteiger partial charge in [-0.05, 0) is 30.3 Å². The Balaban J connectivity index is 1.85. The molecule has 4 rings (SSSR count). The predicted molar refractivity (Wildman–Crippen MR) is 89.1 cm³/mol. The Hall–Kier alpha value is -3.61. The van der Waals surface area contributed by atoms with E-state index in [-0.39, 0.29) is 0 Å². The SMILES string of the molecule is O=Cc1cnccc1Nc1nc(-c2ccccn2)nn2cccc12. The zero-order valence-electron chi connectivity index (χ0n) is 12.5. The molecule has 4 heterocycles. The summed E-state index contributed by atoms with van der Waals surface area (Å²) in [6.07, 6.45) is 7.41. The molecule has 4 aromatic rings. The number of pyridine rings is 2. The lowest BCUT2D eigenvalue weighted by molar-refractivity contribution is 0.112. The normalized spacial score (nSPS) is 10.7. The van der Waals surface area contributed by atoms with Crippen LogP contribution < -0.4 is 5.32 Å². The average Bonchev–Trinajstić information content (AvgIpc) is 3.12. The number of nitrogens with zero attached hydrogens (tertiary/aromatic N) is 5. The number of aldehydes is 1. The molecule has 0 saturated heterocycles. The van der Waals surface area contributed by atoms with Gasteiger partial charge in [0.2, 0.25) is 5.82 Å². The van der Waals surface area contributed by atoms with Crippen molar-refractivity contribution in [3.8, 4) is 11.5 Å². The van der Waals surface area contributed by atoms with Gasteiger partial charge in [-0.25, -0.2) is 9.50 Å². The van der Waals surface area contributed by atoms with E-state index in [0.717, 1.165) is 11.8 Å². The van der Waals surface area contributed by atoms with Gasteiger partial charge in [0.05, 0.1) is 11.3 Å². The molecule has 0 unspecified atom stereocenters. The van der Waals surface area contributed by atoms with Crippen molar-refractivity contribution in [2.75, 3.05) is 5.32 Å². The van der Waals surface area contributed by atoms with Crippen molar-refractivity contribution >= 4 is 23.3 Å². The second kappa shape index (κ2) is 5.88. The van der Waals surface area contributed by atoms with E-state index in [2.05, 4.69) is 25.4 Å². The number of rotatable bonds is 4. The highest BCUT2D eigenvalue weighted by atomic mass is 16.1. The molecule has 7 nitrogen and oxygen atoms in total. The summed E-state index contributed by atoms with van der Waals surface area (Å²) >= 11 is 0. The Morgan fingerprint density at radius 2 is 2.04 bits per heavy atom. The molecule has 0 aliphatic rings. The molecule has 0 atom stereocenters. The van der Waals surface area contributed by atoms with Gasteiger partial charge < -0.3 is 5.32 Å². The van der Waals surface area contributed by atoms with Crippen molar-refractivity contribution in [3.63, 3.8) is 0 Å². The highest BCUT2D eigenvalue weighted by molar-refractivity contribution is 5.87. The maximum absolute atomic E-state index is 11.2. The molecule has 1 N–H and O–H groups in total. The van der Waals surface area contributed by atoms with Crippen LogP contribution in [0.3, 0.4) is 0 Å². The van der Waals surface area contributed by atoms with Crippen LogP contribution in [0, 0.1) is 0 Å². The van der Waals surface area contributed by atoms with Gasteiger partial charge in [-0.1, -0.05) is 6.07 Å².